The van der Waals surface area contributed by atoms with E-state index in [0.717, 1.165) is 4.90 Å². The van der Waals surface area contributed by atoms with Gasteiger partial charge in [-0.15, -0.1) is 0 Å². The summed E-state index contributed by atoms with van der Waals surface area (Å²) in [5.41, 5.74) is 0.863. The lowest BCUT2D eigenvalue weighted by atomic mass is 10.1. The summed E-state index contributed by atoms with van der Waals surface area (Å²) >= 11 is 6.36. The molecule has 0 radical (unpaired) electrons. The minimum Gasteiger partial charge on any atom is -0.490 e. The molecule has 1 aliphatic heterocycles. The van der Waals surface area contributed by atoms with Crippen molar-refractivity contribution in [3.05, 3.63) is 64.1 Å². The highest BCUT2D eigenvalue weighted by molar-refractivity contribution is 6.32. The first-order chi connectivity index (χ1) is 14.3. The lowest BCUT2D eigenvalue weighted by Gasteiger charge is -2.16. The molecule has 3 rings (SSSR count). The second-order valence-electron chi connectivity index (χ2n) is 6.90. The number of amides is 3. The number of nitrogens with zero attached hydrogens (tertiary/aromatic N) is 1. The Hall–Kier alpha value is -3.06. The fourth-order valence-corrected chi connectivity index (χ4v) is 3.23. The molecule has 30 heavy (non-hydrogen) atoms. The number of imide groups is 1. The molecule has 0 saturated carbocycles. The second-order valence-corrected chi connectivity index (χ2v) is 7.31. The number of halogens is 2. The zero-order valence-electron chi connectivity index (χ0n) is 16.9. The van der Waals surface area contributed by atoms with Crippen LogP contribution in [0.3, 0.4) is 0 Å². The SMILES string of the molecule is CCOc1cc(/C=C2\NC(=O)N(Cc3ccccc3F)C2=O)cc(Cl)c1OC(C)C. The van der Waals surface area contributed by atoms with Crippen LogP contribution in [0.5, 0.6) is 11.5 Å². The molecule has 8 heteroatoms. The fraction of sp³-hybridized carbons (Fsp3) is 0.273. The summed E-state index contributed by atoms with van der Waals surface area (Å²) in [6.45, 7) is 5.81. The number of rotatable bonds is 7. The Morgan fingerprint density at radius 3 is 2.63 bits per heavy atom. The first kappa shape index (κ1) is 21.6. The second kappa shape index (κ2) is 9.17. The molecule has 0 bridgehead atoms. The van der Waals surface area contributed by atoms with Gasteiger partial charge in [-0.3, -0.25) is 9.69 Å². The highest BCUT2D eigenvalue weighted by atomic mass is 35.5. The number of urea groups is 1. The number of hydrogen-bond acceptors (Lipinski definition) is 4. The van der Waals surface area contributed by atoms with Crippen LogP contribution in [0.4, 0.5) is 9.18 Å². The number of carbonyl (C=O) groups excluding carboxylic acids is 2. The number of carbonyl (C=O) groups is 2. The van der Waals surface area contributed by atoms with Crippen molar-refractivity contribution >= 4 is 29.6 Å². The lowest BCUT2D eigenvalue weighted by Crippen LogP contribution is -2.30. The van der Waals surface area contributed by atoms with Crippen molar-refractivity contribution in [1.29, 1.82) is 0 Å². The van der Waals surface area contributed by atoms with E-state index < -0.39 is 17.8 Å². The van der Waals surface area contributed by atoms with Gasteiger partial charge in [-0.25, -0.2) is 9.18 Å². The van der Waals surface area contributed by atoms with Crippen molar-refractivity contribution in [2.45, 2.75) is 33.4 Å². The molecule has 0 unspecified atom stereocenters. The molecule has 2 aromatic carbocycles. The van der Waals surface area contributed by atoms with Crippen LogP contribution in [0.15, 0.2) is 42.1 Å². The van der Waals surface area contributed by atoms with Crippen LogP contribution in [0.1, 0.15) is 31.9 Å². The highest BCUT2D eigenvalue weighted by Gasteiger charge is 2.34. The smallest absolute Gasteiger partial charge is 0.329 e. The number of ether oxygens (including phenoxy) is 2. The largest absolute Gasteiger partial charge is 0.490 e. The van der Waals surface area contributed by atoms with Gasteiger partial charge in [0, 0.05) is 5.56 Å². The zero-order chi connectivity index (χ0) is 21.8. The van der Waals surface area contributed by atoms with Gasteiger partial charge in [0.2, 0.25) is 0 Å². The first-order valence-corrected chi connectivity index (χ1v) is 9.89. The topological polar surface area (TPSA) is 67.9 Å². The van der Waals surface area contributed by atoms with Gasteiger partial charge in [0.05, 0.1) is 24.3 Å². The van der Waals surface area contributed by atoms with Crippen LogP contribution < -0.4 is 14.8 Å². The van der Waals surface area contributed by atoms with Crippen molar-refractivity contribution in [3.63, 3.8) is 0 Å². The molecule has 158 valence electrons. The van der Waals surface area contributed by atoms with E-state index in [1.165, 1.54) is 18.2 Å². The van der Waals surface area contributed by atoms with Crippen LogP contribution in [-0.2, 0) is 11.3 Å². The number of hydrogen-bond donors (Lipinski definition) is 1. The summed E-state index contributed by atoms with van der Waals surface area (Å²) < 4.78 is 25.3. The molecule has 0 atom stereocenters. The van der Waals surface area contributed by atoms with E-state index >= 15 is 0 Å². The van der Waals surface area contributed by atoms with Crippen molar-refractivity contribution in [2.24, 2.45) is 0 Å². The third-order valence-electron chi connectivity index (χ3n) is 4.24. The van der Waals surface area contributed by atoms with E-state index in [1.807, 2.05) is 20.8 Å². The van der Waals surface area contributed by atoms with E-state index in [2.05, 4.69) is 5.32 Å². The highest BCUT2D eigenvalue weighted by Crippen LogP contribution is 2.38. The summed E-state index contributed by atoms with van der Waals surface area (Å²) in [5, 5.41) is 2.84. The minimum atomic E-state index is -0.620. The van der Waals surface area contributed by atoms with E-state index in [1.54, 1.807) is 24.3 Å². The van der Waals surface area contributed by atoms with Gasteiger partial charge < -0.3 is 14.8 Å². The Balaban J connectivity index is 1.88. The van der Waals surface area contributed by atoms with Gasteiger partial charge in [0.1, 0.15) is 11.5 Å². The molecule has 1 fully saturated rings. The third kappa shape index (κ3) is 4.74. The quantitative estimate of drug-likeness (QED) is 0.506. The Morgan fingerprint density at radius 2 is 1.97 bits per heavy atom. The normalized spacial score (nSPS) is 15.1. The maximum atomic E-state index is 13.9. The average Bonchev–Trinajstić information content (AvgIpc) is 2.93. The Kier molecular flexibility index (Phi) is 6.62. The minimum absolute atomic E-state index is 0.0624. The van der Waals surface area contributed by atoms with E-state index in [9.17, 15) is 14.0 Å². The predicted molar refractivity (Wildman–Crippen MR) is 112 cm³/mol. The Bertz CT molecular complexity index is 1010. The molecule has 1 saturated heterocycles. The third-order valence-corrected chi connectivity index (χ3v) is 4.53. The van der Waals surface area contributed by atoms with Gasteiger partial charge >= 0.3 is 6.03 Å². The maximum absolute atomic E-state index is 13.9. The van der Waals surface area contributed by atoms with Crippen molar-refractivity contribution < 1.29 is 23.5 Å². The van der Waals surface area contributed by atoms with Gasteiger partial charge in [-0.05, 0) is 50.6 Å². The van der Waals surface area contributed by atoms with Crippen LogP contribution in [0, 0.1) is 5.82 Å². The summed E-state index contributed by atoms with van der Waals surface area (Å²) in [7, 11) is 0. The fourth-order valence-electron chi connectivity index (χ4n) is 2.96. The monoisotopic (exact) mass is 432 g/mol. The van der Waals surface area contributed by atoms with Gasteiger partial charge in [-0.1, -0.05) is 29.8 Å². The maximum Gasteiger partial charge on any atom is 0.329 e. The molecule has 0 spiro atoms. The standard InChI is InChI=1S/C22H22ClFN2O4/c1-4-29-19-11-14(9-16(23)20(19)30-13(2)3)10-18-21(27)26(22(28)25-18)12-15-7-5-6-8-17(15)24/h5-11,13H,4,12H2,1-3H3,(H,25,28)/b18-10-. The lowest BCUT2D eigenvalue weighted by molar-refractivity contribution is -0.123. The molecule has 6 nitrogen and oxygen atoms in total. The van der Waals surface area contributed by atoms with Crippen molar-refractivity contribution in [1.82, 2.24) is 10.2 Å². The van der Waals surface area contributed by atoms with Crippen LogP contribution in [-0.4, -0.2) is 29.5 Å². The van der Waals surface area contributed by atoms with E-state index in [0.29, 0.717) is 28.7 Å². The summed E-state index contributed by atoms with van der Waals surface area (Å²) in [6, 6.07) is 8.67. The predicted octanol–water partition coefficient (Wildman–Crippen LogP) is 4.76. The van der Waals surface area contributed by atoms with Crippen molar-refractivity contribution in [2.75, 3.05) is 6.61 Å². The van der Waals surface area contributed by atoms with E-state index in [4.69, 9.17) is 21.1 Å². The molecule has 0 aromatic heterocycles. The molecular weight excluding hydrogens is 411 g/mol. The van der Waals surface area contributed by atoms with Crippen LogP contribution in [0.25, 0.3) is 6.08 Å². The summed E-state index contributed by atoms with van der Waals surface area (Å²) in [6.07, 6.45) is 1.39. The molecule has 3 amide bonds. The Morgan fingerprint density at radius 1 is 1.23 bits per heavy atom. The molecule has 1 N–H and O–H groups in total. The zero-order valence-corrected chi connectivity index (χ0v) is 17.6. The average molecular weight is 433 g/mol. The van der Waals surface area contributed by atoms with E-state index in [-0.39, 0.29) is 23.9 Å². The van der Waals surface area contributed by atoms with Crippen molar-refractivity contribution in [3.8, 4) is 11.5 Å². The molecule has 1 heterocycles. The molecular formula is C22H22ClFN2O4. The number of nitrogens with one attached hydrogen (secondary N) is 1. The van der Waals surface area contributed by atoms with Crippen LogP contribution in [0.2, 0.25) is 5.02 Å². The Labute approximate surface area is 179 Å². The summed E-state index contributed by atoms with van der Waals surface area (Å²) in [5.74, 6) is -0.187. The first-order valence-electron chi connectivity index (χ1n) is 9.51. The number of benzene rings is 2. The van der Waals surface area contributed by atoms with Gasteiger partial charge in [-0.2, -0.15) is 0 Å². The summed E-state index contributed by atoms with van der Waals surface area (Å²) in [4.78, 5) is 25.9. The van der Waals surface area contributed by atoms with Crippen LogP contribution >= 0.6 is 11.6 Å². The molecule has 1 aliphatic rings. The van der Waals surface area contributed by atoms with Gasteiger partial charge in [0.25, 0.3) is 5.91 Å². The molecule has 0 aliphatic carbocycles. The van der Waals surface area contributed by atoms with Gasteiger partial charge in [0.15, 0.2) is 11.5 Å². The molecule has 2 aromatic rings.